The lowest BCUT2D eigenvalue weighted by molar-refractivity contribution is -0.120. The fourth-order valence-electron chi connectivity index (χ4n) is 5.37. The van der Waals surface area contributed by atoms with Crippen LogP contribution in [-0.4, -0.2) is 48.0 Å². The minimum Gasteiger partial charge on any atom is -0.494 e. The predicted octanol–water partition coefficient (Wildman–Crippen LogP) is 5.33. The normalized spacial score (nSPS) is 17.7. The average molecular weight is 535 g/mol. The molecule has 2 aliphatic rings. The maximum Gasteiger partial charge on any atom is 0.342 e. The third kappa shape index (κ3) is 6.77. The fourth-order valence-corrected chi connectivity index (χ4v) is 5.37. The SMILES string of the molecule is CN1C(=O)[C@@H](NC(=O)n2cc(Cc3cccc(F)c3)cn2)COc2ccc(OCCCC3CCCCC3)cc21. The molecule has 2 aromatic carbocycles. The summed E-state index contributed by atoms with van der Waals surface area (Å²) in [6, 6.07) is 10.3. The number of ether oxygens (including phenoxy) is 2. The number of carbonyl (C=O) groups is 2. The number of amides is 2. The molecule has 0 radical (unpaired) electrons. The Bertz CT molecular complexity index is 1300. The van der Waals surface area contributed by atoms with E-state index in [1.165, 1.54) is 55.6 Å². The molecule has 1 atom stereocenters. The van der Waals surface area contributed by atoms with E-state index in [-0.39, 0.29) is 18.3 Å². The first-order valence-corrected chi connectivity index (χ1v) is 13.7. The maximum absolute atomic E-state index is 13.5. The Morgan fingerprint density at radius 3 is 2.82 bits per heavy atom. The first-order valence-electron chi connectivity index (χ1n) is 13.7. The molecule has 1 N–H and O–H groups in total. The molecule has 0 bridgehead atoms. The van der Waals surface area contributed by atoms with Gasteiger partial charge in [0.2, 0.25) is 0 Å². The van der Waals surface area contributed by atoms with E-state index in [1.807, 2.05) is 18.2 Å². The van der Waals surface area contributed by atoms with E-state index >= 15 is 0 Å². The van der Waals surface area contributed by atoms with E-state index in [0.717, 1.165) is 28.1 Å². The van der Waals surface area contributed by atoms with Crippen LogP contribution < -0.4 is 19.7 Å². The highest BCUT2D eigenvalue weighted by atomic mass is 19.1. The molecule has 0 spiro atoms. The Labute approximate surface area is 228 Å². The molecule has 8 nitrogen and oxygen atoms in total. The van der Waals surface area contributed by atoms with Crippen LogP contribution in [0.4, 0.5) is 14.9 Å². The van der Waals surface area contributed by atoms with Gasteiger partial charge in [0.05, 0.1) is 18.5 Å². The van der Waals surface area contributed by atoms with E-state index in [4.69, 9.17) is 9.47 Å². The van der Waals surface area contributed by atoms with Crippen molar-refractivity contribution >= 4 is 17.6 Å². The first-order chi connectivity index (χ1) is 19.0. The summed E-state index contributed by atoms with van der Waals surface area (Å²) in [7, 11) is 1.66. The van der Waals surface area contributed by atoms with Gasteiger partial charge in [-0.3, -0.25) is 4.79 Å². The molecule has 0 unspecified atom stereocenters. The fraction of sp³-hybridized carbons (Fsp3) is 0.433. The number of rotatable bonds is 8. The van der Waals surface area contributed by atoms with Crippen molar-refractivity contribution in [1.82, 2.24) is 15.1 Å². The van der Waals surface area contributed by atoms with Crippen molar-refractivity contribution in [3.05, 3.63) is 71.8 Å². The van der Waals surface area contributed by atoms with Gasteiger partial charge in [-0.05, 0) is 54.2 Å². The molecular formula is C30H35FN4O4. The zero-order chi connectivity index (χ0) is 27.2. The second-order valence-electron chi connectivity index (χ2n) is 10.4. The van der Waals surface area contributed by atoms with Gasteiger partial charge in [-0.15, -0.1) is 0 Å². The standard InChI is InChI=1S/C30H35FN4O4/c1-34-27-17-25(38-14-6-10-21-7-3-2-4-8-21)12-13-28(27)39-20-26(29(34)36)33-30(37)35-19-23(18-32-35)15-22-9-5-11-24(31)16-22/h5,9,11-13,16-19,21,26H,2-4,6-8,10,14-15,20H2,1H3,(H,33,37)/t26-/m0/s1. The van der Waals surface area contributed by atoms with Crippen LogP contribution in [0.2, 0.25) is 0 Å². The Balaban J connectivity index is 1.16. The van der Waals surface area contributed by atoms with Crippen LogP contribution in [0.5, 0.6) is 11.5 Å². The maximum atomic E-state index is 13.5. The summed E-state index contributed by atoms with van der Waals surface area (Å²) in [5, 5.41) is 6.83. The molecule has 2 heterocycles. The van der Waals surface area contributed by atoms with Gasteiger partial charge < -0.3 is 19.7 Å². The number of hydrogen-bond donors (Lipinski definition) is 1. The molecule has 1 saturated carbocycles. The number of nitrogens with zero attached hydrogens (tertiary/aromatic N) is 3. The van der Waals surface area contributed by atoms with E-state index < -0.39 is 12.1 Å². The van der Waals surface area contributed by atoms with Crippen LogP contribution in [-0.2, 0) is 11.2 Å². The summed E-state index contributed by atoms with van der Waals surface area (Å²) in [6.07, 6.45) is 12.5. The molecule has 1 fully saturated rings. The van der Waals surface area contributed by atoms with Crippen LogP contribution in [0, 0.1) is 11.7 Å². The molecule has 1 aliphatic heterocycles. The van der Waals surface area contributed by atoms with Crippen LogP contribution in [0.15, 0.2) is 54.9 Å². The Hall–Kier alpha value is -3.88. The third-order valence-corrected chi connectivity index (χ3v) is 7.52. The average Bonchev–Trinajstić information content (AvgIpc) is 3.38. The Morgan fingerprint density at radius 1 is 1.15 bits per heavy atom. The smallest absolute Gasteiger partial charge is 0.342 e. The van der Waals surface area contributed by atoms with E-state index in [0.29, 0.717) is 30.2 Å². The lowest BCUT2D eigenvalue weighted by Crippen LogP contribution is -2.50. The van der Waals surface area contributed by atoms with Crippen molar-refractivity contribution in [2.75, 3.05) is 25.2 Å². The number of benzene rings is 2. The number of anilines is 1. The topological polar surface area (TPSA) is 85.7 Å². The highest BCUT2D eigenvalue weighted by molar-refractivity contribution is 6.00. The molecule has 2 amide bonds. The molecular weight excluding hydrogens is 499 g/mol. The molecule has 206 valence electrons. The van der Waals surface area contributed by atoms with Crippen LogP contribution in [0.25, 0.3) is 0 Å². The van der Waals surface area contributed by atoms with Gasteiger partial charge in [0.25, 0.3) is 5.91 Å². The van der Waals surface area contributed by atoms with Crippen LogP contribution in [0.3, 0.4) is 0 Å². The number of hydrogen-bond acceptors (Lipinski definition) is 5. The van der Waals surface area contributed by atoms with Gasteiger partial charge >= 0.3 is 6.03 Å². The summed E-state index contributed by atoms with van der Waals surface area (Å²) >= 11 is 0. The quantitative estimate of drug-likeness (QED) is 0.395. The summed E-state index contributed by atoms with van der Waals surface area (Å²) in [5.74, 6) is 1.44. The number of carbonyl (C=O) groups excluding carboxylic acids is 2. The van der Waals surface area contributed by atoms with Crippen molar-refractivity contribution in [2.45, 2.75) is 57.4 Å². The molecule has 1 aliphatic carbocycles. The number of halogens is 1. The van der Waals surface area contributed by atoms with Crippen molar-refractivity contribution in [1.29, 1.82) is 0 Å². The van der Waals surface area contributed by atoms with E-state index in [1.54, 1.807) is 31.6 Å². The minimum absolute atomic E-state index is 0.0130. The number of fused-ring (bicyclic) bond motifs is 1. The largest absolute Gasteiger partial charge is 0.494 e. The monoisotopic (exact) mass is 534 g/mol. The lowest BCUT2D eigenvalue weighted by Gasteiger charge is -2.22. The highest BCUT2D eigenvalue weighted by Gasteiger charge is 2.31. The molecule has 3 aromatic rings. The number of aromatic nitrogens is 2. The molecule has 9 heteroatoms. The highest BCUT2D eigenvalue weighted by Crippen LogP contribution is 2.34. The zero-order valence-corrected chi connectivity index (χ0v) is 22.3. The second-order valence-corrected chi connectivity index (χ2v) is 10.4. The molecule has 0 saturated heterocycles. The van der Waals surface area contributed by atoms with E-state index in [9.17, 15) is 14.0 Å². The third-order valence-electron chi connectivity index (χ3n) is 7.52. The Kier molecular flexibility index (Phi) is 8.44. The van der Waals surface area contributed by atoms with Gasteiger partial charge in [-0.1, -0.05) is 44.2 Å². The van der Waals surface area contributed by atoms with Crippen molar-refractivity contribution in [2.24, 2.45) is 5.92 Å². The number of nitrogens with one attached hydrogen (secondary N) is 1. The Morgan fingerprint density at radius 2 is 2.00 bits per heavy atom. The summed E-state index contributed by atoms with van der Waals surface area (Å²) in [6.45, 7) is 0.623. The van der Waals surface area contributed by atoms with Crippen molar-refractivity contribution in [3.8, 4) is 11.5 Å². The summed E-state index contributed by atoms with van der Waals surface area (Å²) in [4.78, 5) is 27.6. The second kappa shape index (κ2) is 12.3. The number of likely N-dealkylation sites (N-methyl/N-ethyl adjacent to an activating group) is 1. The van der Waals surface area contributed by atoms with Crippen molar-refractivity contribution in [3.63, 3.8) is 0 Å². The van der Waals surface area contributed by atoms with E-state index in [2.05, 4.69) is 10.4 Å². The predicted molar refractivity (Wildman–Crippen MR) is 146 cm³/mol. The van der Waals surface area contributed by atoms with Gasteiger partial charge in [0, 0.05) is 25.7 Å². The minimum atomic E-state index is -0.898. The molecule has 5 rings (SSSR count). The zero-order valence-electron chi connectivity index (χ0n) is 22.3. The van der Waals surface area contributed by atoms with Gasteiger partial charge in [0.15, 0.2) is 0 Å². The van der Waals surface area contributed by atoms with Crippen molar-refractivity contribution < 1.29 is 23.5 Å². The van der Waals surface area contributed by atoms with Crippen LogP contribution in [0.1, 0.15) is 56.1 Å². The van der Waals surface area contributed by atoms with Gasteiger partial charge in [-0.2, -0.15) is 9.78 Å². The summed E-state index contributed by atoms with van der Waals surface area (Å²) < 4.78 is 26.5. The summed E-state index contributed by atoms with van der Waals surface area (Å²) in [5.41, 5.74) is 2.11. The van der Waals surface area contributed by atoms with Gasteiger partial charge in [0.1, 0.15) is 30.0 Å². The molecule has 39 heavy (non-hydrogen) atoms. The van der Waals surface area contributed by atoms with Gasteiger partial charge in [-0.25, -0.2) is 9.18 Å². The first kappa shape index (κ1) is 26.7. The van der Waals surface area contributed by atoms with Crippen LogP contribution >= 0.6 is 0 Å². The lowest BCUT2D eigenvalue weighted by atomic mass is 9.86. The molecule has 1 aromatic heterocycles.